The van der Waals surface area contributed by atoms with Crippen LogP contribution in [0.1, 0.15) is 12.0 Å². The van der Waals surface area contributed by atoms with Gasteiger partial charge in [-0.3, -0.25) is 19.2 Å². The minimum atomic E-state index is -1.32. The van der Waals surface area contributed by atoms with Crippen molar-refractivity contribution in [2.75, 3.05) is 6.54 Å². The normalized spacial score (nSPS) is 12.7. The largest absolute Gasteiger partial charge is 0.508 e. The molecule has 1 rings (SSSR count). The first-order chi connectivity index (χ1) is 11.7. The van der Waals surface area contributed by atoms with Gasteiger partial charge < -0.3 is 32.3 Å². The number of rotatable bonds is 9. The summed E-state index contributed by atoms with van der Waals surface area (Å²) in [5.41, 5.74) is 11.5. The second-order valence-corrected chi connectivity index (χ2v) is 5.32. The lowest BCUT2D eigenvalue weighted by Crippen LogP contribution is -2.53. The van der Waals surface area contributed by atoms with Crippen LogP contribution in [0.2, 0.25) is 0 Å². The van der Waals surface area contributed by atoms with Crippen LogP contribution in [0.25, 0.3) is 0 Å². The Morgan fingerprint density at radius 3 is 2.20 bits per heavy atom. The minimum absolute atomic E-state index is 0.0680. The molecule has 136 valence electrons. The number of nitrogens with two attached hydrogens (primary N) is 2. The first kappa shape index (κ1) is 19.9. The molecule has 0 fully saturated rings. The number of benzene rings is 1. The summed E-state index contributed by atoms with van der Waals surface area (Å²) in [4.78, 5) is 45.5. The van der Waals surface area contributed by atoms with E-state index in [9.17, 15) is 24.3 Å². The molecule has 25 heavy (non-hydrogen) atoms. The van der Waals surface area contributed by atoms with Gasteiger partial charge in [0.25, 0.3) is 0 Å². The van der Waals surface area contributed by atoms with Crippen LogP contribution in [-0.4, -0.2) is 52.5 Å². The van der Waals surface area contributed by atoms with Crippen molar-refractivity contribution >= 4 is 23.7 Å². The fourth-order valence-corrected chi connectivity index (χ4v) is 1.95. The Labute approximate surface area is 143 Å². The summed E-state index contributed by atoms with van der Waals surface area (Å²) in [6.07, 6.45) is -0.366. The lowest BCUT2D eigenvalue weighted by molar-refractivity contribution is -0.138. The summed E-state index contributed by atoms with van der Waals surface area (Å²) in [6, 6.07) is 3.71. The van der Waals surface area contributed by atoms with E-state index >= 15 is 0 Å². The van der Waals surface area contributed by atoms with E-state index in [4.69, 9.17) is 16.6 Å². The minimum Gasteiger partial charge on any atom is -0.508 e. The van der Waals surface area contributed by atoms with Crippen LogP contribution in [0.3, 0.4) is 0 Å². The number of aromatic hydroxyl groups is 1. The SMILES string of the molecule is NC(=O)C[C@@H](NC(=O)[C@H](N)Cc1ccc(O)cc1)C(=O)NCC(=O)O. The van der Waals surface area contributed by atoms with Gasteiger partial charge in [-0.2, -0.15) is 0 Å². The van der Waals surface area contributed by atoms with Crippen molar-refractivity contribution in [1.29, 1.82) is 0 Å². The summed E-state index contributed by atoms with van der Waals surface area (Å²) >= 11 is 0. The molecule has 0 unspecified atom stereocenters. The summed E-state index contributed by atoms with van der Waals surface area (Å²) in [6.45, 7) is -0.663. The fourth-order valence-electron chi connectivity index (χ4n) is 1.95. The quantitative estimate of drug-likeness (QED) is 0.292. The number of primary amides is 1. The predicted octanol–water partition coefficient (Wildman–Crippen LogP) is -2.18. The second kappa shape index (κ2) is 9.23. The van der Waals surface area contributed by atoms with Crippen molar-refractivity contribution in [2.24, 2.45) is 11.5 Å². The molecule has 0 aliphatic rings. The topological polar surface area (TPSA) is 185 Å². The van der Waals surface area contributed by atoms with Gasteiger partial charge in [0.1, 0.15) is 18.3 Å². The maximum atomic E-state index is 12.1. The number of phenols is 1. The molecule has 1 aromatic carbocycles. The van der Waals surface area contributed by atoms with E-state index in [0.29, 0.717) is 5.56 Å². The Balaban J connectivity index is 2.68. The van der Waals surface area contributed by atoms with E-state index in [1.54, 1.807) is 12.1 Å². The molecule has 8 N–H and O–H groups in total. The molecule has 2 atom stereocenters. The molecule has 0 spiro atoms. The Hall–Kier alpha value is -3.14. The van der Waals surface area contributed by atoms with Crippen molar-refractivity contribution in [3.8, 4) is 5.75 Å². The summed E-state index contributed by atoms with van der Waals surface area (Å²) in [5, 5.41) is 22.1. The third-order valence-corrected chi connectivity index (χ3v) is 3.18. The van der Waals surface area contributed by atoms with Crippen LogP contribution in [-0.2, 0) is 25.6 Å². The van der Waals surface area contributed by atoms with Crippen LogP contribution in [0.4, 0.5) is 0 Å². The van der Waals surface area contributed by atoms with Gasteiger partial charge >= 0.3 is 5.97 Å². The van der Waals surface area contributed by atoms with Gasteiger partial charge in [0.2, 0.25) is 17.7 Å². The molecule has 10 nitrogen and oxygen atoms in total. The zero-order valence-electron chi connectivity index (χ0n) is 13.3. The van der Waals surface area contributed by atoms with Crippen molar-refractivity contribution < 1.29 is 29.4 Å². The van der Waals surface area contributed by atoms with Gasteiger partial charge in [-0.1, -0.05) is 12.1 Å². The maximum Gasteiger partial charge on any atom is 0.322 e. The Kier molecular flexibility index (Phi) is 7.35. The summed E-state index contributed by atoms with van der Waals surface area (Å²) in [7, 11) is 0. The molecule has 10 heteroatoms. The number of nitrogens with one attached hydrogen (secondary N) is 2. The molecular formula is C15H20N4O6. The number of carbonyl (C=O) groups excluding carboxylic acids is 3. The molecule has 1 aromatic rings. The predicted molar refractivity (Wildman–Crippen MR) is 86.2 cm³/mol. The van der Waals surface area contributed by atoms with Gasteiger partial charge in [0.05, 0.1) is 12.5 Å². The second-order valence-electron chi connectivity index (χ2n) is 5.32. The Morgan fingerprint density at radius 2 is 1.68 bits per heavy atom. The third kappa shape index (κ3) is 7.31. The zero-order valence-corrected chi connectivity index (χ0v) is 13.3. The number of carbonyl (C=O) groups is 4. The summed E-state index contributed by atoms with van der Waals surface area (Å²) < 4.78 is 0. The van der Waals surface area contributed by atoms with Crippen molar-refractivity contribution in [3.05, 3.63) is 29.8 Å². The summed E-state index contributed by atoms with van der Waals surface area (Å²) in [5.74, 6) is -3.61. The van der Waals surface area contributed by atoms with E-state index in [1.165, 1.54) is 12.1 Å². The van der Waals surface area contributed by atoms with Crippen molar-refractivity contribution in [1.82, 2.24) is 10.6 Å². The lowest BCUT2D eigenvalue weighted by Gasteiger charge is -2.19. The van der Waals surface area contributed by atoms with E-state index in [-0.39, 0.29) is 12.2 Å². The van der Waals surface area contributed by atoms with Crippen LogP contribution in [0.5, 0.6) is 5.75 Å². The van der Waals surface area contributed by atoms with Gasteiger partial charge in [-0.15, -0.1) is 0 Å². The molecule has 0 heterocycles. The first-order valence-electron chi connectivity index (χ1n) is 7.30. The van der Waals surface area contributed by atoms with E-state index < -0.39 is 48.7 Å². The highest BCUT2D eigenvalue weighted by Crippen LogP contribution is 2.11. The van der Waals surface area contributed by atoms with Crippen LogP contribution in [0, 0.1) is 0 Å². The smallest absolute Gasteiger partial charge is 0.322 e. The van der Waals surface area contributed by atoms with Crippen molar-refractivity contribution in [3.63, 3.8) is 0 Å². The standard InChI is InChI=1S/C15H20N4O6/c16-10(5-8-1-3-9(20)4-2-8)14(24)19-11(6-12(17)21)15(25)18-7-13(22)23/h1-4,10-11,20H,5-7,16H2,(H2,17,21)(H,18,25)(H,19,24)(H,22,23)/t10-,11-/m1/s1. The highest BCUT2D eigenvalue weighted by molar-refractivity contribution is 5.94. The van der Waals surface area contributed by atoms with Crippen LogP contribution >= 0.6 is 0 Å². The molecule has 0 saturated heterocycles. The monoisotopic (exact) mass is 352 g/mol. The molecular weight excluding hydrogens is 332 g/mol. The van der Waals surface area contributed by atoms with Gasteiger partial charge in [-0.05, 0) is 24.1 Å². The number of carboxylic acid groups (broad SMARTS) is 1. The van der Waals surface area contributed by atoms with Gasteiger partial charge in [0.15, 0.2) is 0 Å². The third-order valence-electron chi connectivity index (χ3n) is 3.18. The van der Waals surface area contributed by atoms with E-state index in [0.717, 1.165) is 0 Å². The van der Waals surface area contributed by atoms with E-state index in [1.807, 2.05) is 0 Å². The molecule has 0 aromatic heterocycles. The number of aliphatic carboxylic acids is 1. The molecule has 0 bridgehead atoms. The highest BCUT2D eigenvalue weighted by Gasteiger charge is 2.25. The zero-order chi connectivity index (χ0) is 19.0. The van der Waals surface area contributed by atoms with Crippen LogP contribution in [0.15, 0.2) is 24.3 Å². The Morgan fingerprint density at radius 1 is 1.08 bits per heavy atom. The maximum absolute atomic E-state index is 12.1. The Bertz CT molecular complexity index is 646. The fraction of sp³-hybridized carbons (Fsp3) is 0.333. The van der Waals surface area contributed by atoms with Crippen LogP contribution < -0.4 is 22.1 Å². The number of carboxylic acids is 1. The molecule has 3 amide bonds. The van der Waals surface area contributed by atoms with Gasteiger partial charge in [0, 0.05) is 0 Å². The highest BCUT2D eigenvalue weighted by atomic mass is 16.4. The molecule has 0 aliphatic heterocycles. The van der Waals surface area contributed by atoms with E-state index in [2.05, 4.69) is 10.6 Å². The lowest BCUT2D eigenvalue weighted by atomic mass is 10.0. The molecule has 0 saturated carbocycles. The average Bonchev–Trinajstić information content (AvgIpc) is 2.53. The van der Waals surface area contributed by atoms with Crippen molar-refractivity contribution in [2.45, 2.75) is 24.9 Å². The number of hydrogen-bond donors (Lipinski definition) is 6. The molecule has 0 radical (unpaired) electrons. The average molecular weight is 352 g/mol. The molecule has 0 aliphatic carbocycles. The number of phenolic OH excluding ortho intramolecular Hbond substituents is 1. The van der Waals surface area contributed by atoms with Gasteiger partial charge in [-0.25, -0.2) is 0 Å². The number of hydrogen-bond acceptors (Lipinski definition) is 6. The number of amides is 3. The first-order valence-corrected chi connectivity index (χ1v) is 7.30.